The third kappa shape index (κ3) is 2.78. The molecule has 6 nitrogen and oxygen atoms in total. The van der Waals surface area contributed by atoms with Crippen LogP contribution in [-0.2, 0) is 4.74 Å². The summed E-state index contributed by atoms with van der Waals surface area (Å²) in [5, 5.41) is 4.56. The van der Waals surface area contributed by atoms with Crippen LogP contribution >= 0.6 is 11.6 Å². The molecule has 1 amide bonds. The first-order valence-electron chi connectivity index (χ1n) is 5.19. The minimum Gasteiger partial charge on any atom is -0.442 e. The second-order valence-corrected chi connectivity index (χ2v) is 4.07. The van der Waals surface area contributed by atoms with Crippen LogP contribution in [0.2, 0.25) is 5.02 Å². The van der Waals surface area contributed by atoms with Gasteiger partial charge in [-0.1, -0.05) is 17.7 Å². The maximum absolute atomic E-state index is 10.6. The van der Waals surface area contributed by atoms with Gasteiger partial charge < -0.3 is 10.5 Å². The summed E-state index contributed by atoms with van der Waals surface area (Å²) >= 11 is 5.77. The molecule has 2 aromatic heterocycles. The fourth-order valence-corrected chi connectivity index (χ4v) is 1.58. The molecule has 0 radical (unpaired) electrons. The van der Waals surface area contributed by atoms with Crippen molar-refractivity contribution in [2.75, 3.05) is 0 Å². The van der Waals surface area contributed by atoms with E-state index >= 15 is 0 Å². The summed E-state index contributed by atoms with van der Waals surface area (Å²) in [7, 11) is 0. The maximum atomic E-state index is 10.6. The smallest absolute Gasteiger partial charge is 0.405 e. The van der Waals surface area contributed by atoms with Gasteiger partial charge in [-0.2, -0.15) is 5.10 Å². The maximum Gasteiger partial charge on any atom is 0.405 e. The van der Waals surface area contributed by atoms with E-state index in [9.17, 15) is 4.79 Å². The van der Waals surface area contributed by atoms with Gasteiger partial charge in [0.25, 0.3) is 0 Å². The summed E-state index contributed by atoms with van der Waals surface area (Å²) < 4.78 is 6.39. The second kappa shape index (κ2) is 5.05. The van der Waals surface area contributed by atoms with E-state index in [0.717, 1.165) is 5.56 Å². The second-order valence-electron chi connectivity index (χ2n) is 3.63. The van der Waals surface area contributed by atoms with E-state index in [-0.39, 0.29) is 0 Å². The van der Waals surface area contributed by atoms with Crippen LogP contribution in [0.15, 0.2) is 30.7 Å². The predicted octanol–water partition coefficient (Wildman–Crippen LogP) is 2.08. The lowest BCUT2D eigenvalue weighted by atomic mass is 10.2. The van der Waals surface area contributed by atoms with Crippen molar-refractivity contribution in [3.63, 3.8) is 0 Å². The fraction of sp³-hybridized carbons (Fsp3) is 0.182. The molecule has 7 heteroatoms. The molecule has 1 unspecified atom stereocenters. The summed E-state index contributed by atoms with van der Waals surface area (Å²) in [5.41, 5.74) is 5.69. The van der Waals surface area contributed by atoms with Crippen molar-refractivity contribution in [1.29, 1.82) is 0 Å². The number of rotatable bonds is 3. The highest BCUT2D eigenvalue weighted by molar-refractivity contribution is 6.30. The van der Waals surface area contributed by atoms with Gasteiger partial charge in [-0.05, 0) is 13.0 Å². The van der Waals surface area contributed by atoms with E-state index in [2.05, 4.69) is 10.1 Å². The lowest BCUT2D eigenvalue weighted by Crippen LogP contribution is -2.15. The molecule has 2 rings (SSSR count). The summed E-state index contributed by atoms with van der Waals surface area (Å²) in [6.07, 6.45) is 3.51. The molecule has 2 N–H and O–H groups in total. The van der Waals surface area contributed by atoms with Gasteiger partial charge in [-0.3, -0.25) is 0 Å². The molecule has 2 aromatic rings. The van der Waals surface area contributed by atoms with E-state index in [1.54, 1.807) is 36.1 Å². The normalized spacial score (nSPS) is 12.1. The van der Waals surface area contributed by atoms with Gasteiger partial charge >= 0.3 is 6.09 Å². The van der Waals surface area contributed by atoms with Crippen LogP contribution < -0.4 is 5.73 Å². The van der Waals surface area contributed by atoms with Crippen LogP contribution in [0.5, 0.6) is 0 Å². The number of primary amides is 1. The molecule has 0 aliphatic heterocycles. The highest BCUT2D eigenvalue weighted by Gasteiger charge is 2.10. The summed E-state index contributed by atoms with van der Waals surface area (Å²) in [5.74, 6) is 0.622. The molecule has 0 aromatic carbocycles. The van der Waals surface area contributed by atoms with Gasteiger partial charge in [0, 0.05) is 11.8 Å². The number of halogens is 1. The number of carbonyl (C=O) groups excluding carboxylic acids is 1. The van der Waals surface area contributed by atoms with Crippen molar-refractivity contribution in [2.45, 2.75) is 13.0 Å². The van der Waals surface area contributed by atoms with Crippen molar-refractivity contribution in [1.82, 2.24) is 14.8 Å². The number of nitrogens with two attached hydrogens (primary N) is 1. The topological polar surface area (TPSA) is 83.0 Å². The number of nitrogens with zero attached hydrogens (tertiary/aromatic N) is 3. The Hall–Kier alpha value is -2.08. The molecular formula is C11H11ClN4O2. The van der Waals surface area contributed by atoms with Crippen molar-refractivity contribution >= 4 is 17.7 Å². The third-order valence-corrected chi connectivity index (χ3v) is 2.51. The van der Waals surface area contributed by atoms with Crippen molar-refractivity contribution < 1.29 is 9.53 Å². The zero-order valence-electron chi connectivity index (χ0n) is 9.58. The van der Waals surface area contributed by atoms with Crippen LogP contribution in [-0.4, -0.2) is 20.9 Å². The molecule has 0 saturated carbocycles. The summed E-state index contributed by atoms with van der Waals surface area (Å²) in [4.78, 5) is 14.8. The van der Waals surface area contributed by atoms with Gasteiger partial charge in [0.2, 0.25) is 0 Å². The first-order valence-corrected chi connectivity index (χ1v) is 5.56. The molecule has 0 saturated heterocycles. The number of hydrogen-bond donors (Lipinski definition) is 1. The Morgan fingerprint density at radius 2 is 2.28 bits per heavy atom. The van der Waals surface area contributed by atoms with Crippen LogP contribution in [0.4, 0.5) is 4.79 Å². The lowest BCUT2D eigenvalue weighted by molar-refractivity contribution is 0.116. The average Bonchev–Trinajstić information content (AvgIpc) is 2.75. The Bertz CT molecular complexity index is 552. The monoisotopic (exact) mass is 266 g/mol. The Balaban J connectivity index is 2.17. The van der Waals surface area contributed by atoms with E-state index in [1.807, 2.05) is 0 Å². The number of aromatic nitrogens is 3. The van der Waals surface area contributed by atoms with Crippen molar-refractivity contribution in [3.05, 3.63) is 41.3 Å². The fourth-order valence-electron chi connectivity index (χ4n) is 1.44. The number of ether oxygens (including phenoxy) is 1. The average molecular weight is 267 g/mol. The van der Waals surface area contributed by atoms with Gasteiger partial charge in [-0.15, -0.1) is 0 Å². The molecular weight excluding hydrogens is 256 g/mol. The van der Waals surface area contributed by atoms with Gasteiger partial charge in [0.05, 0.1) is 17.4 Å². The zero-order chi connectivity index (χ0) is 13.1. The zero-order valence-corrected chi connectivity index (χ0v) is 10.3. The molecule has 0 aliphatic carbocycles. The Labute approximate surface area is 108 Å². The first-order chi connectivity index (χ1) is 8.56. The van der Waals surface area contributed by atoms with Gasteiger partial charge in [-0.25, -0.2) is 14.5 Å². The summed E-state index contributed by atoms with van der Waals surface area (Å²) in [6, 6.07) is 3.53. The Kier molecular flexibility index (Phi) is 3.47. The van der Waals surface area contributed by atoms with Crippen LogP contribution in [0.3, 0.4) is 0 Å². The molecule has 18 heavy (non-hydrogen) atoms. The van der Waals surface area contributed by atoms with E-state index < -0.39 is 12.2 Å². The van der Waals surface area contributed by atoms with E-state index in [0.29, 0.717) is 10.8 Å². The van der Waals surface area contributed by atoms with Crippen LogP contribution in [0, 0.1) is 0 Å². The molecule has 1 atom stereocenters. The molecule has 0 aliphatic rings. The van der Waals surface area contributed by atoms with Crippen LogP contribution in [0.25, 0.3) is 5.82 Å². The van der Waals surface area contributed by atoms with Crippen LogP contribution in [0.1, 0.15) is 18.6 Å². The van der Waals surface area contributed by atoms with Gasteiger partial charge in [0.15, 0.2) is 5.82 Å². The quantitative estimate of drug-likeness (QED) is 0.922. The minimum absolute atomic E-state index is 0.440. The molecule has 0 bridgehead atoms. The minimum atomic E-state index is -0.814. The Morgan fingerprint density at radius 1 is 1.50 bits per heavy atom. The largest absolute Gasteiger partial charge is 0.442 e. The molecule has 0 spiro atoms. The van der Waals surface area contributed by atoms with Crippen molar-refractivity contribution in [2.24, 2.45) is 5.73 Å². The number of carbonyl (C=O) groups is 1. The predicted molar refractivity (Wildman–Crippen MR) is 65.5 cm³/mol. The Morgan fingerprint density at radius 3 is 2.78 bits per heavy atom. The molecule has 2 heterocycles. The number of amides is 1. The van der Waals surface area contributed by atoms with Crippen molar-refractivity contribution in [3.8, 4) is 5.82 Å². The van der Waals surface area contributed by atoms with E-state index in [1.165, 1.54) is 6.20 Å². The van der Waals surface area contributed by atoms with E-state index in [4.69, 9.17) is 22.1 Å². The van der Waals surface area contributed by atoms with Gasteiger partial charge in [0.1, 0.15) is 6.10 Å². The highest BCUT2D eigenvalue weighted by atomic mass is 35.5. The standard InChI is InChI=1S/C11H11ClN4O2/c1-7(18-11(13)17)8-2-3-10(14-4-8)16-6-9(12)5-15-16/h2-7H,1H3,(H2,13,17). The third-order valence-electron chi connectivity index (χ3n) is 2.32. The molecule has 0 fully saturated rings. The SMILES string of the molecule is CC(OC(N)=O)c1ccc(-n2cc(Cl)cn2)nc1. The highest BCUT2D eigenvalue weighted by Crippen LogP contribution is 2.17. The molecule has 94 valence electrons. The first kappa shape index (κ1) is 12.4. The summed E-state index contributed by atoms with van der Waals surface area (Å²) in [6.45, 7) is 1.71. The number of pyridine rings is 1. The number of hydrogen-bond acceptors (Lipinski definition) is 4. The lowest BCUT2D eigenvalue weighted by Gasteiger charge is -2.11.